The Labute approximate surface area is 160 Å². The lowest BCUT2D eigenvalue weighted by Gasteiger charge is -2.21. The van der Waals surface area contributed by atoms with Crippen LogP contribution in [0, 0.1) is 0 Å². The molecule has 0 aliphatic carbocycles. The molecule has 3 rings (SSSR count). The number of benzene rings is 2. The van der Waals surface area contributed by atoms with Crippen molar-refractivity contribution < 1.29 is 31.5 Å². The van der Waals surface area contributed by atoms with Crippen LogP contribution in [0.2, 0.25) is 0 Å². The summed E-state index contributed by atoms with van der Waals surface area (Å²) in [7, 11) is -4.74. The molecule has 0 N–H and O–H groups in total. The summed E-state index contributed by atoms with van der Waals surface area (Å²) in [6, 6.07) is 11.4. The minimum absolute atomic E-state index is 0.0466. The molecule has 2 aromatic carbocycles. The molecular weight excluding hydrogens is 392 g/mol. The molecule has 0 radical (unpaired) electrons. The van der Waals surface area contributed by atoms with Gasteiger partial charge >= 0.3 is 11.7 Å². The standard InChI is InChI=1S/C19H17F2NO5S/c1-12(17(23)22-11-10-13-4-2-3-5-16(13)22)27-18(24)14-6-8-15(9-7-14)28(25,26)19(20)21/h2-9,12,19H,10-11H2,1H3. The van der Waals surface area contributed by atoms with Gasteiger partial charge in [0, 0.05) is 12.2 Å². The SMILES string of the molecule is CC(OC(=O)c1ccc(S(=O)(=O)C(F)F)cc1)C(=O)N1CCc2ccccc21. The molecule has 1 aliphatic rings. The van der Waals surface area contributed by atoms with Gasteiger partial charge in [-0.05, 0) is 49.2 Å². The normalized spacial score (nSPS) is 14.6. The summed E-state index contributed by atoms with van der Waals surface area (Å²) in [5, 5.41) is 0. The first kappa shape index (κ1) is 19.9. The number of nitrogens with zero attached hydrogens (tertiary/aromatic N) is 1. The quantitative estimate of drug-likeness (QED) is 0.710. The van der Waals surface area contributed by atoms with Crippen LogP contribution in [0.3, 0.4) is 0 Å². The molecule has 1 unspecified atom stereocenters. The Hall–Kier alpha value is -2.81. The Balaban J connectivity index is 1.69. The van der Waals surface area contributed by atoms with E-state index in [4.69, 9.17) is 4.74 Å². The van der Waals surface area contributed by atoms with Gasteiger partial charge in [-0.2, -0.15) is 8.78 Å². The van der Waals surface area contributed by atoms with E-state index in [1.807, 2.05) is 24.3 Å². The van der Waals surface area contributed by atoms with E-state index in [9.17, 15) is 26.8 Å². The van der Waals surface area contributed by atoms with Crippen LogP contribution in [0.1, 0.15) is 22.8 Å². The molecular formula is C19H17F2NO5S. The third kappa shape index (κ3) is 3.75. The van der Waals surface area contributed by atoms with Crippen molar-refractivity contribution in [2.45, 2.75) is 30.1 Å². The fourth-order valence-corrected chi connectivity index (χ4v) is 3.67. The van der Waals surface area contributed by atoms with E-state index in [-0.39, 0.29) is 11.5 Å². The molecule has 1 amide bonds. The number of hydrogen-bond donors (Lipinski definition) is 0. The Morgan fingerprint density at radius 1 is 1.07 bits per heavy atom. The highest BCUT2D eigenvalue weighted by molar-refractivity contribution is 7.91. The molecule has 2 aromatic rings. The number of carbonyl (C=O) groups excluding carboxylic acids is 2. The Morgan fingerprint density at radius 3 is 2.36 bits per heavy atom. The highest BCUT2D eigenvalue weighted by Gasteiger charge is 2.30. The largest absolute Gasteiger partial charge is 0.449 e. The Bertz CT molecular complexity index is 1010. The Morgan fingerprint density at radius 2 is 1.71 bits per heavy atom. The number of hydrogen-bond acceptors (Lipinski definition) is 5. The van der Waals surface area contributed by atoms with E-state index in [1.165, 1.54) is 6.92 Å². The minimum Gasteiger partial charge on any atom is -0.449 e. The van der Waals surface area contributed by atoms with Crippen molar-refractivity contribution in [3.05, 3.63) is 59.7 Å². The van der Waals surface area contributed by atoms with Crippen molar-refractivity contribution >= 4 is 27.4 Å². The fourth-order valence-electron chi connectivity index (χ4n) is 2.95. The smallest absolute Gasteiger partial charge is 0.341 e. The van der Waals surface area contributed by atoms with Gasteiger partial charge in [-0.25, -0.2) is 13.2 Å². The molecule has 6 nitrogen and oxygen atoms in total. The molecule has 9 heteroatoms. The van der Waals surface area contributed by atoms with E-state index in [0.29, 0.717) is 13.0 Å². The summed E-state index contributed by atoms with van der Waals surface area (Å²) in [5.74, 6) is -4.78. The van der Waals surface area contributed by atoms with Gasteiger partial charge in [0.2, 0.25) is 9.84 Å². The van der Waals surface area contributed by atoms with E-state index in [1.54, 1.807) is 4.90 Å². The summed E-state index contributed by atoms with van der Waals surface area (Å²) in [5.41, 5.74) is 1.76. The minimum atomic E-state index is -4.74. The third-order valence-electron chi connectivity index (χ3n) is 4.44. The number of para-hydroxylation sites is 1. The average Bonchev–Trinajstić information content (AvgIpc) is 3.11. The lowest BCUT2D eigenvalue weighted by atomic mass is 10.2. The van der Waals surface area contributed by atoms with Crippen LogP contribution in [0.5, 0.6) is 0 Å². The van der Waals surface area contributed by atoms with Gasteiger partial charge in [0.05, 0.1) is 10.5 Å². The number of alkyl halides is 2. The van der Waals surface area contributed by atoms with Crippen LogP contribution in [0.25, 0.3) is 0 Å². The van der Waals surface area contributed by atoms with Crippen LogP contribution in [0.15, 0.2) is 53.4 Å². The second-order valence-corrected chi connectivity index (χ2v) is 8.16. The molecule has 0 saturated heterocycles. The monoisotopic (exact) mass is 409 g/mol. The maximum Gasteiger partial charge on any atom is 0.341 e. The number of rotatable bonds is 5. The van der Waals surface area contributed by atoms with Gasteiger partial charge < -0.3 is 9.64 Å². The summed E-state index contributed by atoms with van der Waals surface area (Å²) >= 11 is 0. The van der Waals surface area contributed by atoms with E-state index in [2.05, 4.69) is 0 Å². The predicted octanol–water partition coefficient (Wildman–Crippen LogP) is 2.82. The van der Waals surface area contributed by atoms with Crippen molar-refractivity contribution in [3.63, 3.8) is 0 Å². The topological polar surface area (TPSA) is 80.8 Å². The first-order valence-electron chi connectivity index (χ1n) is 8.44. The highest BCUT2D eigenvalue weighted by Crippen LogP contribution is 2.28. The molecule has 0 aromatic heterocycles. The predicted molar refractivity (Wildman–Crippen MR) is 97.0 cm³/mol. The van der Waals surface area contributed by atoms with Gasteiger partial charge in [0.1, 0.15) is 0 Å². The van der Waals surface area contributed by atoms with Crippen molar-refractivity contribution in [2.75, 3.05) is 11.4 Å². The van der Waals surface area contributed by atoms with Gasteiger partial charge in [0.15, 0.2) is 6.10 Å². The lowest BCUT2D eigenvalue weighted by Crippen LogP contribution is -2.39. The highest BCUT2D eigenvalue weighted by atomic mass is 32.2. The number of halogens is 2. The van der Waals surface area contributed by atoms with Crippen LogP contribution >= 0.6 is 0 Å². The summed E-state index contributed by atoms with van der Waals surface area (Å²) in [6.45, 7) is 1.93. The number of anilines is 1. The zero-order valence-electron chi connectivity index (χ0n) is 14.8. The van der Waals surface area contributed by atoms with Crippen LogP contribution in [-0.2, 0) is 25.8 Å². The van der Waals surface area contributed by atoms with E-state index in [0.717, 1.165) is 35.5 Å². The van der Waals surface area contributed by atoms with Crippen molar-refractivity contribution in [2.24, 2.45) is 0 Å². The summed E-state index contributed by atoms with van der Waals surface area (Å²) < 4.78 is 53.1. The number of ether oxygens (including phenoxy) is 1. The molecule has 0 spiro atoms. The first-order valence-corrected chi connectivity index (χ1v) is 9.99. The molecule has 148 valence electrons. The third-order valence-corrected chi connectivity index (χ3v) is 5.84. The second-order valence-electron chi connectivity index (χ2n) is 6.25. The second kappa shape index (κ2) is 7.67. The van der Waals surface area contributed by atoms with Crippen LogP contribution in [-0.4, -0.2) is 38.7 Å². The zero-order chi connectivity index (χ0) is 20.5. The summed E-state index contributed by atoms with van der Waals surface area (Å²) in [6.07, 6.45) is -0.356. The average molecular weight is 409 g/mol. The number of esters is 1. The van der Waals surface area contributed by atoms with Gasteiger partial charge in [-0.15, -0.1) is 0 Å². The number of amides is 1. The maximum absolute atomic E-state index is 12.6. The molecule has 28 heavy (non-hydrogen) atoms. The summed E-state index contributed by atoms with van der Waals surface area (Å²) in [4.78, 5) is 25.8. The van der Waals surface area contributed by atoms with Gasteiger partial charge in [0.25, 0.3) is 5.91 Å². The number of carbonyl (C=O) groups is 2. The van der Waals surface area contributed by atoms with Crippen molar-refractivity contribution in [3.8, 4) is 0 Å². The van der Waals surface area contributed by atoms with Crippen LogP contribution < -0.4 is 4.90 Å². The van der Waals surface area contributed by atoms with E-state index < -0.39 is 32.6 Å². The molecule has 0 bridgehead atoms. The van der Waals surface area contributed by atoms with Gasteiger partial charge in [-0.1, -0.05) is 18.2 Å². The van der Waals surface area contributed by atoms with Crippen molar-refractivity contribution in [1.29, 1.82) is 0 Å². The molecule has 0 saturated carbocycles. The fraction of sp³-hybridized carbons (Fsp3) is 0.263. The molecule has 1 atom stereocenters. The van der Waals surface area contributed by atoms with Crippen LogP contribution in [0.4, 0.5) is 14.5 Å². The van der Waals surface area contributed by atoms with Crippen molar-refractivity contribution in [1.82, 2.24) is 0 Å². The lowest BCUT2D eigenvalue weighted by molar-refractivity contribution is -0.126. The molecule has 1 heterocycles. The number of sulfone groups is 1. The van der Waals surface area contributed by atoms with E-state index >= 15 is 0 Å². The zero-order valence-corrected chi connectivity index (χ0v) is 15.7. The number of fused-ring (bicyclic) bond motifs is 1. The first-order chi connectivity index (χ1) is 13.2. The molecule has 0 fully saturated rings. The Kier molecular flexibility index (Phi) is 5.46. The van der Waals surface area contributed by atoms with Gasteiger partial charge in [-0.3, -0.25) is 4.79 Å². The molecule has 1 aliphatic heterocycles. The maximum atomic E-state index is 12.6.